The fraction of sp³-hybridized carbons (Fsp3) is 0.219. The van der Waals surface area contributed by atoms with Crippen LogP contribution in [-0.4, -0.2) is 30.0 Å². The zero-order valence-electron chi connectivity index (χ0n) is 22.1. The molecule has 0 saturated carbocycles. The summed E-state index contributed by atoms with van der Waals surface area (Å²) in [4.78, 5) is 4.84. The lowest BCUT2D eigenvalue weighted by atomic mass is 9.35. The van der Waals surface area contributed by atoms with Gasteiger partial charge in [0.1, 0.15) is 0 Å². The van der Waals surface area contributed by atoms with Crippen LogP contribution in [0.4, 0.5) is 0 Å². The molecule has 184 valence electrons. The van der Waals surface area contributed by atoms with Crippen LogP contribution >= 0.6 is 0 Å². The van der Waals surface area contributed by atoms with Gasteiger partial charge in [0.15, 0.2) is 0 Å². The molecule has 0 bridgehead atoms. The van der Waals surface area contributed by atoms with Crippen LogP contribution in [0, 0.1) is 0 Å². The van der Waals surface area contributed by atoms with E-state index >= 15 is 0 Å². The number of aromatic nitrogens is 1. The number of rotatable bonds is 7. The topological polar surface area (TPSA) is 31.4 Å². The van der Waals surface area contributed by atoms with Crippen LogP contribution < -0.4 is 16.4 Å². The van der Waals surface area contributed by atoms with Gasteiger partial charge in [-0.25, -0.2) is 0 Å². The van der Waals surface area contributed by atoms with E-state index in [9.17, 15) is 0 Å². The molecule has 1 saturated heterocycles. The zero-order chi connectivity index (χ0) is 25.9. The van der Waals surface area contributed by atoms with Crippen molar-refractivity contribution in [2.45, 2.75) is 45.3 Å². The maximum Gasteiger partial charge on any atom is 0.496 e. The third-order valence-corrected chi connectivity index (χ3v) is 7.79. The van der Waals surface area contributed by atoms with Gasteiger partial charge in [-0.15, -0.1) is 0 Å². The highest BCUT2D eigenvalue weighted by Crippen LogP contribution is 2.39. The maximum absolute atomic E-state index is 6.37. The lowest BCUT2D eigenvalue weighted by molar-refractivity contribution is -0.0118. The lowest BCUT2D eigenvalue weighted by Gasteiger charge is -2.35. The van der Waals surface area contributed by atoms with Crippen LogP contribution in [0.2, 0.25) is 0 Å². The Morgan fingerprint density at radius 3 is 1.84 bits per heavy atom. The zero-order valence-corrected chi connectivity index (χ0v) is 22.1. The molecule has 2 heterocycles. The highest BCUT2D eigenvalue weighted by Gasteiger charge is 2.53. The van der Waals surface area contributed by atoms with Gasteiger partial charge >= 0.3 is 7.12 Å². The van der Waals surface area contributed by atoms with Gasteiger partial charge in [-0.2, -0.15) is 0 Å². The van der Waals surface area contributed by atoms with Gasteiger partial charge in [0, 0.05) is 11.7 Å². The first-order valence-corrected chi connectivity index (χ1v) is 13.1. The minimum absolute atomic E-state index is 0.0684. The molecule has 37 heavy (non-hydrogen) atoms. The van der Waals surface area contributed by atoms with Crippen LogP contribution in [0.1, 0.15) is 45.4 Å². The molecule has 0 N–H and O–H groups in total. The summed E-state index contributed by atoms with van der Waals surface area (Å²) in [6.45, 7) is 8.53. The van der Waals surface area contributed by atoms with E-state index < -0.39 is 7.12 Å². The number of pyridine rings is 1. The van der Waals surface area contributed by atoms with Gasteiger partial charge in [-0.1, -0.05) is 120 Å². The van der Waals surface area contributed by atoms with Crippen molar-refractivity contribution in [2.24, 2.45) is 0 Å². The third-order valence-electron chi connectivity index (χ3n) is 7.79. The summed E-state index contributed by atoms with van der Waals surface area (Å²) in [6, 6.07) is 36.1. The third kappa shape index (κ3) is 5.20. The Morgan fingerprint density at radius 1 is 0.784 bits per heavy atom. The first kappa shape index (κ1) is 25.3. The van der Waals surface area contributed by atoms with Gasteiger partial charge in [0.05, 0.1) is 16.9 Å². The van der Waals surface area contributed by atoms with Crippen molar-refractivity contribution in [1.29, 1.82) is 0 Å². The van der Waals surface area contributed by atoms with Crippen molar-refractivity contribution in [3.63, 3.8) is 0 Å². The Balaban J connectivity index is 1.55. The fourth-order valence-electron chi connectivity index (χ4n) is 5.05. The summed E-state index contributed by atoms with van der Waals surface area (Å²) < 4.78 is 12.7. The normalized spacial score (nSPS) is 19.1. The van der Waals surface area contributed by atoms with Gasteiger partial charge in [0.25, 0.3) is 0 Å². The van der Waals surface area contributed by atoms with Crippen molar-refractivity contribution in [1.82, 2.24) is 4.98 Å². The standard InChI is InChI=1S/C32H33B2NO2/c1-5-32(4)31(2,3)36-34(37-32)28-21-22-29(35-24-28)23-30(25-15-9-6-10-16-25)33(26-17-11-7-12-18-26)27-19-13-8-14-20-27/h6-24H,5H2,1-4H3/b30-23-. The molecule has 1 aliphatic heterocycles. The molecule has 1 aliphatic rings. The smallest absolute Gasteiger partial charge is 0.399 e. The number of benzene rings is 3. The Bertz CT molecular complexity index is 1300. The molecule has 0 spiro atoms. The number of nitrogens with zero attached hydrogens (tertiary/aromatic N) is 1. The van der Waals surface area contributed by atoms with Crippen molar-refractivity contribution in [3.8, 4) is 0 Å². The molecule has 5 heteroatoms. The highest BCUT2D eigenvalue weighted by atomic mass is 16.7. The van der Waals surface area contributed by atoms with Crippen LogP contribution in [0.5, 0.6) is 0 Å². The molecule has 3 nitrogen and oxygen atoms in total. The lowest BCUT2D eigenvalue weighted by Crippen LogP contribution is -2.44. The van der Waals surface area contributed by atoms with E-state index in [0.29, 0.717) is 0 Å². The second-order valence-electron chi connectivity index (χ2n) is 10.4. The van der Waals surface area contributed by atoms with Gasteiger partial charge in [-0.05, 0) is 44.9 Å². The molecular weight excluding hydrogens is 452 g/mol. The first-order valence-electron chi connectivity index (χ1n) is 13.1. The molecular formula is C32H33B2NO2. The summed E-state index contributed by atoms with van der Waals surface area (Å²) in [6.07, 6.45) is 4.97. The molecule has 5 rings (SSSR count). The maximum atomic E-state index is 6.37. The van der Waals surface area contributed by atoms with Crippen molar-refractivity contribution >= 4 is 41.8 Å². The molecule has 0 aliphatic carbocycles. The minimum atomic E-state index is -0.416. The second-order valence-corrected chi connectivity index (χ2v) is 10.4. The molecule has 1 atom stereocenters. The Labute approximate surface area is 221 Å². The van der Waals surface area contributed by atoms with Crippen molar-refractivity contribution < 1.29 is 9.31 Å². The summed E-state index contributed by atoms with van der Waals surface area (Å²) in [5.74, 6) is 0. The van der Waals surface area contributed by atoms with Crippen molar-refractivity contribution in [3.05, 3.63) is 121 Å². The van der Waals surface area contributed by atoms with Crippen LogP contribution in [-0.2, 0) is 9.31 Å². The van der Waals surface area contributed by atoms with Gasteiger partial charge in [0.2, 0.25) is 6.71 Å². The quantitative estimate of drug-likeness (QED) is 0.339. The average molecular weight is 485 g/mol. The van der Waals surface area contributed by atoms with E-state index in [1.807, 2.05) is 6.20 Å². The van der Waals surface area contributed by atoms with Gasteiger partial charge in [-0.3, -0.25) is 4.98 Å². The monoisotopic (exact) mass is 485 g/mol. The van der Waals surface area contributed by atoms with Crippen LogP contribution in [0.25, 0.3) is 11.5 Å². The molecule has 1 fully saturated rings. The Morgan fingerprint density at radius 2 is 1.35 bits per heavy atom. The van der Waals surface area contributed by atoms with E-state index in [-0.39, 0.29) is 17.9 Å². The van der Waals surface area contributed by atoms with E-state index in [1.54, 1.807) is 0 Å². The Kier molecular flexibility index (Phi) is 7.19. The molecule has 0 amide bonds. The van der Waals surface area contributed by atoms with Crippen molar-refractivity contribution in [2.75, 3.05) is 0 Å². The predicted octanol–water partition coefficient (Wildman–Crippen LogP) is 5.16. The summed E-state index contributed by atoms with van der Waals surface area (Å²) >= 11 is 0. The summed E-state index contributed by atoms with van der Waals surface area (Å²) in [5.41, 5.74) is 5.99. The molecule has 1 aromatic heterocycles. The second kappa shape index (κ2) is 10.5. The molecule has 1 unspecified atom stereocenters. The first-order chi connectivity index (χ1) is 17.9. The van der Waals surface area contributed by atoms with Crippen LogP contribution in [0.15, 0.2) is 109 Å². The molecule has 4 aromatic rings. The van der Waals surface area contributed by atoms with E-state index in [4.69, 9.17) is 14.3 Å². The minimum Gasteiger partial charge on any atom is -0.399 e. The Hall–Kier alpha value is -3.40. The van der Waals surface area contributed by atoms with E-state index in [0.717, 1.165) is 17.6 Å². The number of hydrogen-bond donors (Lipinski definition) is 0. The summed E-state index contributed by atoms with van der Waals surface area (Å²) in [5, 5.41) is 0. The fourth-order valence-corrected chi connectivity index (χ4v) is 5.05. The molecule has 0 radical (unpaired) electrons. The number of hydrogen-bond acceptors (Lipinski definition) is 3. The average Bonchev–Trinajstić information content (AvgIpc) is 3.19. The predicted molar refractivity (Wildman–Crippen MR) is 157 cm³/mol. The van der Waals surface area contributed by atoms with E-state index in [1.165, 1.54) is 22.0 Å². The molecule has 3 aromatic carbocycles. The van der Waals surface area contributed by atoms with Crippen LogP contribution in [0.3, 0.4) is 0 Å². The highest BCUT2D eigenvalue weighted by molar-refractivity contribution is 7.00. The van der Waals surface area contributed by atoms with Gasteiger partial charge < -0.3 is 9.31 Å². The SMILES string of the molecule is CCC1(C)OB(c2ccc(/C=C(\B(c3ccccc3)c3ccccc3)c3ccccc3)nc2)OC1(C)C. The largest absolute Gasteiger partial charge is 0.496 e. The van der Waals surface area contributed by atoms with E-state index in [2.05, 4.69) is 137 Å². The summed E-state index contributed by atoms with van der Waals surface area (Å²) in [7, 11) is -0.416.